The SMILES string of the molecule is C=C(CCC(F)(F)F)C1CCCCC1. The van der Waals surface area contributed by atoms with Crippen molar-refractivity contribution in [2.24, 2.45) is 5.92 Å². The van der Waals surface area contributed by atoms with Gasteiger partial charge in [-0.1, -0.05) is 31.4 Å². The molecule has 0 unspecified atom stereocenters. The van der Waals surface area contributed by atoms with Gasteiger partial charge in [0.2, 0.25) is 0 Å². The molecule has 0 heterocycles. The fourth-order valence-corrected chi connectivity index (χ4v) is 2.02. The van der Waals surface area contributed by atoms with Gasteiger partial charge in [0, 0.05) is 6.42 Å². The van der Waals surface area contributed by atoms with E-state index in [2.05, 4.69) is 6.58 Å². The summed E-state index contributed by atoms with van der Waals surface area (Å²) in [7, 11) is 0. The zero-order valence-electron chi connectivity index (χ0n) is 8.37. The lowest BCUT2D eigenvalue weighted by atomic mass is 9.83. The zero-order valence-corrected chi connectivity index (χ0v) is 8.37. The molecule has 0 amide bonds. The van der Waals surface area contributed by atoms with Crippen LogP contribution in [0.1, 0.15) is 44.9 Å². The Hall–Kier alpha value is -0.470. The normalized spacial score (nSPS) is 19.6. The van der Waals surface area contributed by atoms with E-state index in [0.717, 1.165) is 31.3 Å². The first-order valence-electron chi connectivity index (χ1n) is 5.23. The van der Waals surface area contributed by atoms with Gasteiger partial charge in [0.05, 0.1) is 0 Å². The van der Waals surface area contributed by atoms with E-state index in [1.165, 1.54) is 6.42 Å². The van der Waals surface area contributed by atoms with Crippen LogP contribution in [-0.2, 0) is 0 Å². The molecule has 0 saturated heterocycles. The molecule has 1 aliphatic carbocycles. The van der Waals surface area contributed by atoms with Gasteiger partial charge in [-0.3, -0.25) is 0 Å². The summed E-state index contributed by atoms with van der Waals surface area (Å²) in [5.74, 6) is 0.353. The first-order chi connectivity index (χ1) is 6.49. The molecule has 1 saturated carbocycles. The molecule has 0 atom stereocenters. The Morgan fingerprint density at radius 3 is 2.21 bits per heavy atom. The molecule has 0 radical (unpaired) electrons. The molecule has 3 heteroatoms. The van der Waals surface area contributed by atoms with Gasteiger partial charge in [0.15, 0.2) is 0 Å². The maximum atomic E-state index is 11.9. The Balaban J connectivity index is 2.27. The van der Waals surface area contributed by atoms with Gasteiger partial charge < -0.3 is 0 Å². The van der Waals surface area contributed by atoms with Crippen LogP contribution in [-0.4, -0.2) is 6.18 Å². The van der Waals surface area contributed by atoms with Crippen LogP contribution in [0.4, 0.5) is 13.2 Å². The summed E-state index contributed by atoms with van der Waals surface area (Å²) in [6, 6.07) is 0. The Labute approximate surface area is 83.2 Å². The van der Waals surface area contributed by atoms with Crippen LogP contribution in [0.3, 0.4) is 0 Å². The molecule has 0 nitrogen and oxygen atoms in total. The van der Waals surface area contributed by atoms with Gasteiger partial charge >= 0.3 is 6.18 Å². The van der Waals surface area contributed by atoms with Crippen molar-refractivity contribution in [2.75, 3.05) is 0 Å². The van der Waals surface area contributed by atoms with Crippen molar-refractivity contribution in [3.8, 4) is 0 Å². The van der Waals surface area contributed by atoms with Gasteiger partial charge in [-0.05, 0) is 25.2 Å². The number of halogens is 3. The molecule has 82 valence electrons. The van der Waals surface area contributed by atoms with E-state index in [1.54, 1.807) is 0 Å². The Morgan fingerprint density at radius 1 is 1.14 bits per heavy atom. The summed E-state index contributed by atoms with van der Waals surface area (Å²) in [6.07, 6.45) is 0.982. The average Bonchev–Trinajstić information content (AvgIpc) is 2.14. The van der Waals surface area contributed by atoms with E-state index in [1.807, 2.05) is 0 Å². The minimum Gasteiger partial charge on any atom is -0.171 e. The summed E-state index contributed by atoms with van der Waals surface area (Å²) in [4.78, 5) is 0. The third kappa shape index (κ3) is 4.16. The third-order valence-corrected chi connectivity index (χ3v) is 2.91. The van der Waals surface area contributed by atoms with Gasteiger partial charge in [-0.2, -0.15) is 13.2 Å². The number of alkyl halides is 3. The number of allylic oxidation sites excluding steroid dienone is 1. The maximum Gasteiger partial charge on any atom is 0.389 e. The summed E-state index contributed by atoms with van der Waals surface area (Å²) in [5.41, 5.74) is 0.807. The van der Waals surface area contributed by atoms with Crippen LogP contribution in [0.25, 0.3) is 0 Å². The van der Waals surface area contributed by atoms with Crippen LogP contribution >= 0.6 is 0 Å². The highest BCUT2D eigenvalue weighted by atomic mass is 19.4. The molecule has 0 aromatic heterocycles. The fraction of sp³-hybridized carbons (Fsp3) is 0.818. The third-order valence-electron chi connectivity index (χ3n) is 2.91. The monoisotopic (exact) mass is 206 g/mol. The van der Waals surface area contributed by atoms with Crippen molar-refractivity contribution in [1.29, 1.82) is 0 Å². The molecular formula is C11H17F3. The quantitative estimate of drug-likeness (QED) is 0.598. The molecule has 0 N–H and O–H groups in total. The molecule has 1 fully saturated rings. The largest absolute Gasteiger partial charge is 0.389 e. The van der Waals surface area contributed by atoms with Gasteiger partial charge in [0.25, 0.3) is 0 Å². The van der Waals surface area contributed by atoms with Crippen LogP contribution in [0.15, 0.2) is 12.2 Å². The highest BCUT2D eigenvalue weighted by Crippen LogP contribution is 2.33. The smallest absolute Gasteiger partial charge is 0.171 e. The van der Waals surface area contributed by atoms with Crippen LogP contribution in [0.5, 0.6) is 0 Å². The van der Waals surface area contributed by atoms with Crippen LogP contribution in [0, 0.1) is 5.92 Å². The second kappa shape index (κ2) is 4.85. The lowest BCUT2D eigenvalue weighted by molar-refractivity contribution is -0.134. The van der Waals surface area contributed by atoms with E-state index in [4.69, 9.17) is 0 Å². The molecule has 0 aromatic rings. The van der Waals surface area contributed by atoms with Crippen molar-refractivity contribution in [3.05, 3.63) is 12.2 Å². The Kier molecular flexibility index (Phi) is 4.02. The lowest BCUT2D eigenvalue weighted by Crippen LogP contribution is -2.12. The van der Waals surface area contributed by atoms with Crippen LogP contribution < -0.4 is 0 Å². The molecule has 0 spiro atoms. The standard InChI is InChI=1S/C11H17F3/c1-9(7-8-11(12,13)14)10-5-3-2-4-6-10/h10H,1-8H2. The maximum absolute atomic E-state index is 11.9. The minimum absolute atomic E-state index is 0.119. The van der Waals surface area contributed by atoms with Crippen molar-refractivity contribution in [1.82, 2.24) is 0 Å². The van der Waals surface area contributed by atoms with E-state index in [-0.39, 0.29) is 6.42 Å². The van der Waals surface area contributed by atoms with E-state index in [0.29, 0.717) is 5.92 Å². The van der Waals surface area contributed by atoms with Gasteiger partial charge in [-0.25, -0.2) is 0 Å². The van der Waals surface area contributed by atoms with E-state index < -0.39 is 12.6 Å². The predicted molar refractivity (Wildman–Crippen MR) is 51.0 cm³/mol. The van der Waals surface area contributed by atoms with Crippen molar-refractivity contribution in [3.63, 3.8) is 0 Å². The topological polar surface area (TPSA) is 0 Å². The molecule has 0 aliphatic heterocycles. The Bertz CT molecular complexity index is 187. The first-order valence-corrected chi connectivity index (χ1v) is 5.23. The van der Waals surface area contributed by atoms with E-state index in [9.17, 15) is 13.2 Å². The summed E-state index contributed by atoms with van der Waals surface area (Å²) in [6.45, 7) is 3.78. The van der Waals surface area contributed by atoms with Crippen molar-refractivity contribution >= 4 is 0 Å². The van der Waals surface area contributed by atoms with Crippen LogP contribution in [0.2, 0.25) is 0 Å². The fourth-order valence-electron chi connectivity index (χ4n) is 2.02. The molecule has 1 rings (SSSR count). The van der Waals surface area contributed by atoms with Crippen molar-refractivity contribution < 1.29 is 13.2 Å². The average molecular weight is 206 g/mol. The molecule has 0 bridgehead atoms. The van der Waals surface area contributed by atoms with Gasteiger partial charge in [0.1, 0.15) is 0 Å². The summed E-state index contributed by atoms with van der Waals surface area (Å²) in [5, 5.41) is 0. The predicted octanol–water partition coefficient (Wildman–Crippen LogP) is 4.47. The lowest BCUT2D eigenvalue weighted by Gasteiger charge is -2.24. The molecular weight excluding hydrogens is 189 g/mol. The van der Waals surface area contributed by atoms with Crippen molar-refractivity contribution in [2.45, 2.75) is 51.1 Å². The summed E-state index contributed by atoms with van der Waals surface area (Å²) < 4.78 is 35.8. The number of hydrogen-bond acceptors (Lipinski definition) is 0. The Morgan fingerprint density at radius 2 is 1.71 bits per heavy atom. The minimum atomic E-state index is -4.03. The summed E-state index contributed by atoms with van der Waals surface area (Å²) >= 11 is 0. The highest BCUT2D eigenvalue weighted by Gasteiger charge is 2.28. The zero-order chi connectivity index (χ0) is 10.6. The second-order valence-corrected chi connectivity index (χ2v) is 4.11. The molecule has 0 aromatic carbocycles. The molecule has 14 heavy (non-hydrogen) atoms. The van der Waals surface area contributed by atoms with Gasteiger partial charge in [-0.15, -0.1) is 0 Å². The highest BCUT2D eigenvalue weighted by molar-refractivity contribution is 5.01. The first kappa shape index (κ1) is 11.6. The number of hydrogen-bond donors (Lipinski definition) is 0. The molecule has 1 aliphatic rings. The van der Waals surface area contributed by atoms with E-state index >= 15 is 0 Å². The second-order valence-electron chi connectivity index (χ2n) is 4.11. The number of rotatable bonds is 3.